The largest absolute Gasteiger partial charge is 0.380 e. The lowest BCUT2D eigenvalue weighted by Gasteiger charge is -2.08. The number of halogens is 3. The van der Waals surface area contributed by atoms with Gasteiger partial charge in [-0.05, 0) is 23.8 Å². The number of rotatable bonds is 4. The lowest BCUT2D eigenvalue weighted by molar-refractivity contribution is -0.384. The van der Waals surface area contributed by atoms with Crippen molar-refractivity contribution < 1.29 is 9.31 Å². The van der Waals surface area contributed by atoms with E-state index in [1.54, 1.807) is 6.07 Å². The molecule has 0 spiro atoms. The van der Waals surface area contributed by atoms with Crippen LogP contribution in [0.25, 0.3) is 0 Å². The molecule has 0 aliphatic rings. The molecule has 4 nitrogen and oxygen atoms in total. The zero-order valence-corrected chi connectivity index (χ0v) is 11.6. The molecule has 0 saturated heterocycles. The normalized spacial score (nSPS) is 10.3. The standard InChI is InChI=1S/C13H9Cl2FN2O2/c14-10-5-8(1-3-12(10)16)7-17-13-4-2-9(18(19)20)6-11(13)15/h1-6,17H,7H2. The minimum Gasteiger partial charge on any atom is -0.380 e. The first kappa shape index (κ1) is 14.6. The molecular formula is C13H9Cl2FN2O2. The van der Waals surface area contributed by atoms with E-state index in [-0.39, 0.29) is 15.7 Å². The van der Waals surface area contributed by atoms with Gasteiger partial charge in [0, 0.05) is 18.7 Å². The highest BCUT2D eigenvalue weighted by Gasteiger charge is 2.09. The summed E-state index contributed by atoms with van der Waals surface area (Å²) in [6.45, 7) is 0.373. The van der Waals surface area contributed by atoms with Crippen molar-refractivity contribution in [1.82, 2.24) is 0 Å². The fraction of sp³-hybridized carbons (Fsp3) is 0.0769. The maximum absolute atomic E-state index is 13.0. The number of hydrogen-bond acceptors (Lipinski definition) is 3. The van der Waals surface area contributed by atoms with Gasteiger partial charge in [0.2, 0.25) is 0 Å². The molecule has 0 fully saturated rings. The van der Waals surface area contributed by atoms with Crippen LogP contribution in [0.2, 0.25) is 10.0 Å². The Hall–Kier alpha value is -1.85. The number of nitrogens with one attached hydrogen (secondary N) is 1. The van der Waals surface area contributed by atoms with E-state index in [4.69, 9.17) is 23.2 Å². The molecule has 0 heterocycles. The minimum absolute atomic E-state index is 0.0408. The van der Waals surface area contributed by atoms with E-state index in [9.17, 15) is 14.5 Å². The van der Waals surface area contributed by atoms with E-state index in [0.717, 1.165) is 5.56 Å². The SMILES string of the molecule is O=[N+]([O-])c1ccc(NCc2ccc(F)c(Cl)c2)c(Cl)c1. The summed E-state index contributed by atoms with van der Waals surface area (Å²) >= 11 is 11.6. The second-order valence-electron chi connectivity index (χ2n) is 4.02. The molecule has 0 unspecified atom stereocenters. The smallest absolute Gasteiger partial charge is 0.271 e. The molecule has 1 N–H and O–H groups in total. The van der Waals surface area contributed by atoms with Gasteiger partial charge >= 0.3 is 0 Å². The fourth-order valence-corrected chi connectivity index (χ4v) is 2.05. The Balaban J connectivity index is 2.10. The van der Waals surface area contributed by atoms with E-state index in [1.807, 2.05) is 0 Å². The van der Waals surface area contributed by atoms with Gasteiger partial charge < -0.3 is 5.32 Å². The Kier molecular flexibility index (Phi) is 4.42. The van der Waals surface area contributed by atoms with Crippen LogP contribution in [0, 0.1) is 15.9 Å². The summed E-state index contributed by atoms with van der Waals surface area (Å²) in [5, 5.41) is 13.9. The first-order chi connectivity index (χ1) is 9.47. The lowest BCUT2D eigenvalue weighted by atomic mass is 10.2. The molecule has 0 aliphatic heterocycles. The third-order valence-electron chi connectivity index (χ3n) is 2.63. The lowest BCUT2D eigenvalue weighted by Crippen LogP contribution is -2.00. The summed E-state index contributed by atoms with van der Waals surface area (Å²) in [7, 11) is 0. The molecule has 2 aromatic carbocycles. The van der Waals surface area contributed by atoms with Crippen molar-refractivity contribution in [2.45, 2.75) is 6.54 Å². The molecule has 104 valence electrons. The molecule has 2 aromatic rings. The van der Waals surface area contributed by atoms with E-state index >= 15 is 0 Å². The zero-order valence-electron chi connectivity index (χ0n) is 10.1. The summed E-state index contributed by atoms with van der Waals surface area (Å²) in [5.74, 6) is -0.483. The molecule has 20 heavy (non-hydrogen) atoms. The summed E-state index contributed by atoms with van der Waals surface area (Å²) < 4.78 is 13.0. The quantitative estimate of drug-likeness (QED) is 0.660. The number of anilines is 1. The van der Waals surface area contributed by atoms with Crippen LogP contribution in [-0.4, -0.2) is 4.92 Å². The van der Waals surface area contributed by atoms with Crippen LogP contribution < -0.4 is 5.32 Å². The molecule has 0 saturated carbocycles. The maximum atomic E-state index is 13.0. The second-order valence-corrected chi connectivity index (χ2v) is 4.84. The zero-order chi connectivity index (χ0) is 14.7. The number of nitro groups is 1. The molecule has 0 aromatic heterocycles. The van der Waals surface area contributed by atoms with Crippen LogP contribution in [-0.2, 0) is 6.54 Å². The third-order valence-corrected chi connectivity index (χ3v) is 3.23. The molecule has 0 aliphatic carbocycles. The van der Waals surface area contributed by atoms with Crippen LogP contribution in [0.15, 0.2) is 36.4 Å². The Morgan fingerprint density at radius 2 is 1.90 bits per heavy atom. The molecule has 0 bridgehead atoms. The van der Waals surface area contributed by atoms with Crippen LogP contribution in [0.1, 0.15) is 5.56 Å². The highest BCUT2D eigenvalue weighted by Crippen LogP contribution is 2.27. The van der Waals surface area contributed by atoms with Gasteiger partial charge in [0.25, 0.3) is 5.69 Å². The molecule has 7 heteroatoms. The van der Waals surface area contributed by atoms with Crippen molar-refractivity contribution >= 4 is 34.6 Å². The molecule has 0 radical (unpaired) electrons. The van der Waals surface area contributed by atoms with Gasteiger partial charge in [0.05, 0.1) is 20.7 Å². The summed E-state index contributed by atoms with van der Waals surface area (Å²) in [4.78, 5) is 10.1. The van der Waals surface area contributed by atoms with Gasteiger partial charge in [0.1, 0.15) is 5.82 Å². The predicted molar refractivity (Wildman–Crippen MR) is 76.8 cm³/mol. The van der Waals surface area contributed by atoms with E-state index in [1.165, 1.54) is 30.3 Å². The Bertz CT molecular complexity index is 665. The van der Waals surface area contributed by atoms with Crippen LogP contribution >= 0.6 is 23.2 Å². The van der Waals surface area contributed by atoms with Gasteiger partial charge in [-0.1, -0.05) is 29.3 Å². The van der Waals surface area contributed by atoms with E-state index in [0.29, 0.717) is 12.2 Å². The Morgan fingerprint density at radius 3 is 2.50 bits per heavy atom. The van der Waals surface area contributed by atoms with Crippen molar-refractivity contribution in [3.63, 3.8) is 0 Å². The monoisotopic (exact) mass is 314 g/mol. The van der Waals surface area contributed by atoms with Crippen LogP contribution in [0.5, 0.6) is 0 Å². The topological polar surface area (TPSA) is 55.2 Å². The number of nitro benzene ring substituents is 1. The molecular weight excluding hydrogens is 306 g/mol. The highest BCUT2D eigenvalue weighted by molar-refractivity contribution is 6.33. The Morgan fingerprint density at radius 1 is 1.15 bits per heavy atom. The molecule has 0 atom stereocenters. The van der Waals surface area contributed by atoms with Crippen molar-refractivity contribution in [2.75, 3.05) is 5.32 Å². The van der Waals surface area contributed by atoms with Crippen molar-refractivity contribution in [1.29, 1.82) is 0 Å². The van der Waals surface area contributed by atoms with Crippen LogP contribution in [0.4, 0.5) is 15.8 Å². The minimum atomic E-state index is -0.518. The second kappa shape index (κ2) is 6.07. The first-order valence-corrected chi connectivity index (χ1v) is 6.34. The van der Waals surface area contributed by atoms with Gasteiger partial charge in [-0.25, -0.2) is 4.39 Å². The molecule has 0 amide bonds. The van der Waals surface area contributed by atoms with Crippen molar-refractivity contribution in [3.05, 3.63) is 67.9 Å². The number of non-ortho nitro benzene ring substituents is 1. The van der Waals surface area contributed by atoms with E-state index in [2.05, 4.69) is 5.32 Å². The fourth-order valence-electron chi connectivity index (χ4n) is 1.61. The van der Waals surface area contributed by atoms with Gasteiger partial charge in [-0.15, -0.1) is 0 Å². The average molecular weight is 315 g/mol. The number of benzene rings is 2. The highest BCUT2D eigenvalue weighted by atomic mass is 35.5. The summed E-state index contributed by atoms with van der Waals surface area (Å²) in [6, 6.07) is 8.51. The van der Waals surface area contributed by atoms with Crippen LogP contribution in [0.3, 0.4) is 0 Å². The van der Waals surface area contributed by atoms with E-state index < -0.39 is 10.7 Å². The number of hydrogen-bond donors (Lipinski definition) is 1. The van der Waals surface area contributed by atoms with Crippen molar-refractivity contribution in [3.8, 4) is 0 Å². The molecule has 2 rings (SSSR count). The average Bonchev–Trinajstić information content (AvgIpc) is 2.41. The third kappa shape index (κ3) is 3.37. The maximum Gasteiger partial charge on any atom is 0.271 e. The summed E-state index contributed by atoms with van der Waals surface area (Å²) in [5.41, 5.74) is 1.24. The van der Waals surface area contributed by atoms with Gasteiger partial charge in [-0.2, -0.15) is 0 Å². The first-order valence-electron chi connectivity index (χ1n) is 5.59. The van der Waals surface area contributed by atoms with Gasteiger partial charge in [0.15, 0.2) is 0 Å². The predicted octanol–water partition coefficient (Wildman–Crippen LogP) is 4.65. The number of nitrogens with zero attached hydrogens (tertiary/aromatic N) is 1. The van der Waals surface area contributed by atoms with Gasteiger partial charge in [-0.3, -0.25) is 10.1 Å². The van der Waals surface area contributed by atoms with Crippen molar-refractivity contribution in [2.24, 2.45) is 0 Å². The summed E-state index contributed by atoms with van der Waals surface area (Å²) in [6.07, 6.45) is 0. The Labute approximate surface area is 124 Å².